The fourth-order valence-corrected chi connectivity index (χ4v) is 4.60. The van der Waals surface area contributed by atoms with Gasteiger partial charge in [0.1, 0.15) is 11.3 Å². The Kier molecular flexibility index (Phi) is 4.30. The van der Waals surface area contributed by atoms with Gasteiger partial charge in [0.2, 0.25) is 5.91 Å². The smallest absolute Gasteiger partial charge is 0.259 e. The van der Waals surface area contributed by atoms with E-state index in [4.69, 9.17) is 0 Å². The van der Waals surface area contributed by atoms with Crippen LogP contribution in [0.15, 0.2) is 66.9 Å². The third kappa shape index (κ3) is 2.71. The van der Waals surface area contributed by atoms with Crippen LogP contribution in [0.5, 0.6) is 0 Å². The largest absolute Gasteiger partial charge is 0.298 e. The number of anilines is 1. The van der Waals surface area contributed by atoms with Crippen molar-refractivity contribution in [3.63, 3.8) is 0 Å². The number of rotatable bonds is 3. The van der Waals surface area contributed by atoms with E-state index in [1.54, 1.807) is 12.1 Å². The number of hydrogen-bond donors (Lipinski definition) is 0. The zero-order chi connectivity index (χ0) is 18.3. The first kappa shape index (κ1) is 16.9. The number of hydrazine groups is 1. The Morgan fingerprint density at radius 2 is 1.50 bits per heavy atom. The van der Waals surface area contributed by atoms with E-state index in [0.29, 0.717) is 5.69 Å². The van der Waals surface area contributed by atoms with Crippen LogP contribution in [0, 0.1) is 0 Å². The van der Waals surface area contributed by atoms with E-state index in [2.05, 4.69) is 0 Å². The van der Waals surface area contributed by atoms with Crippen LogP contribution in [0.4, 0.5) is 5.69 Å². The normalized spacial score (nSPS) is 22.7. The molecule has 0 N–H and O–H groups in total. The number of carbonyl (C=O) groups excluding carboxylic acids is 2. The van der Waals surface area contributed by atoms with Crippen molar-refractivity contribution < 1.29 is 9.59 Å². The molecule has 1 fully saturated rings. The minimum absolute atomic E-state index is 0.162. The van der Waals surface area contributed by atoms with Gasteiger partial charge in [-0.3, -0.25) is 14.6 Å². The molecular weight excluding hydrogens is 346 g/mol. The Bertz CT molecular complexity index is 867. The predicted molar refractivity (Wildman–Crippen MR) is 104 cm³/mol. The second-order valence-corrected chi connectivity index (χ2v) is 7.60. The second kappa shape index (κ2) is 6.63. The first-order valence-corrected chi connectivity index (χ1v) is 9.28. The van der Waals surface area contributed by atoms with Gasteiger partial charge in [0, 0.05) is 25.2 Å². The highest BCUT2D eigenvalue weighted by Gasteiger charge is 2.53. The number of benzene rings is 2. The van der Waals surface area contributed by atoms with Crippen LogP contribution in [0.1, 0.15) is 5.56 Å². The van der Waals surface area contributed by atoms with Crippen LogP contribution in [0.25, 0.3) is 4.91 Å². The lowest BCUT2D eigenvalue weighted by molar-refractivity contribution is -0.125. The van der Waals surface area contributed by atoms with Gasteiger partial charge in [-0.25, -0.2) is 9.91 Å². The molecule has 2 amide bonds. The van der Waals surface area contributed by atoms with Crippen LogP contribution >= 0.6 is 11.8 Å². The van der Waals surface area contributed by atoms with Crippen LogP contribution in [0.2, 0.25) is 0 Å². The molecule has 26 heavy (non-hydrogen) atoms. The van der Waals surface area contributed by atoms with Crippen LogP contribution < -0.4 is 4.90 Å². The van der Waals surface area contributed by atoms with Crippen molar-refractivity contribution >= 4 is 34.2 Å². The SMILES string of the molecule is CN(C)N1C=C(c2ccccc2)SC2C(=O)N(c3ccccc3)C(=O)C21. The van der Waals surface area contributed by atoms with E-state index in [-0.39, 0.29) is 11.8 Å². The molecule has 0 aliphatic carbocycles. The molecule has 0 saturated carbocycles. The van der Waals surface area contributed by atoms with E-state index >= 15 is 0 Å². The van der Waals surface area contributed by atoms with E-state index in [0.717, 1.165) is 10.5 Å². The third-order valence-corrected chi connectivity index (χ3v) is 5.86. The summed E-state index contributed by atoms with van der Waals surface area (Å²) in [6.45, 7) is 0. The first-order chi connectivity index (χ1) is 12.6. The van der Waals surface area contributed by atoms with Crippen LogP contribution in [-0.2, 0) is 9.59 Å². The number of imide groups is 1. The van der Waals surface area contributed by atoms with E-state index in [1.807, 2.05) is 78.8 Å². The second-order valence-electron chi connectivity index (χ2n) is 6.42. The maximum atomic E-state index is 13.1. The predicted octanol–water partition coefficient (Wildman–Crippen LogP) is 2.82. The molecular formula is C20H19N3O2S. The summed E-state index contributed by atoms with van der Waals surface area (Å²) in [5.41, 5.74) is 1.67. The summed E-state index contributed by atoms with van der Waals surface area (Å²) in [7, 11) is 3.77. The molecule has 2 atom stereocenters. The van der Waals surface area contributed by atoms with Gasteiger partial charge in [0.15, 0.2) is 0 Å². The quantitative estimate of drug-likeness (QED) is 0.783. The van der Waals surface area contributed by atoms with Gasteiger partial charge < -0.3 is 0 Å². The molecule has 0 spiro atoms. The zero-order valence-corrected chi connectivity index (χ0v) is 15.4. The standard InChI is InChI=1S/C20H19N3O2S/c1-21(2)22-13-16(14-9-5-3-6-10-14)26-18-17(22)19(24)23(20(18)25)15-11-7-4-8-12-15/h3-13,17-18H,1-2H3. The van der Waals surface area contributed by atoms with Crippen molar-refractivity contribution in [1.82, 2.24) is 10.0 Å². The molecule has 132 valence electrons. The highest BCUT2D eigenvalue weighted by atomic mass is 32.2. The van der Waals surface area contributed by atoms with Gasteiger partial charge in [-0.1, -0.05) is 48.5 Å². The first-order valence-electron chi connectivity index (χ1n) is 8.40. The summed E-state index contributed by atoms with van der Waals surface area (Å²) in [4.78, 5) is 28.5. The Morgan fingerprint density at radius 3 is 2.12 bits per heavy atom. The average molecular weight is 365 g/mol. The molecule has 2 aromatic rings. The number of para-hydroxylation sites is 1. The fraction of sp³-hybridized carbons (Fsp3) is 0.200. The summed E-state index contributed by atoms with van der Waals surface area (Å²) < 4.78 is 0. The molecule has 1 saturated heterocycles. The number of carbonyl (C=O) groups is 2. The number of hydrogen-bond acceptors (Lipinski definition) is 5. The number of thioether (sulfide) groups is 1. The summed E-state index contributed by atoms with van der Waals surface area (Å²) in [6, 6.07) is 18.5. The van der Waals surface area contributed by atoms with Gasteiger partial charge in [-0.05, 0) is 17.7 Å². The maximum absolute atomic E-state index is 13.1. The third-order valence-electron chi connectivity index (χ3n) is 4.55. The Morgan fingerprint density at radius 1 is 0.885 bits per heavy atom. The molecule has 2 aromatic carbocycles. The van der Waals surface area contributed by atoms with Gasteiger partial charge in [0.25, 0.3) is 5.91 Å². The lowest BCUT2D eigenvalue weighted by atomic mass is 10.2. The fourth-order valence-electron chi connectivity index (χ4n) is 3.31. The molecule has 5 nitrogen and oxygen atoms in total. The molecule has 0 radical (unpaired) electrons. The monoisotopic (exact) mass is 365 g/mol. The van der Waals surface area contributed by atoms with Crippen molar-refractivity contribution in [3.05, 3.63) is 72.4 Å². The van der Waals surface area contributed by atoms with Gasteiger partial charge in [-0.15, -0.1) is 11.8 Å². The molecule has 6 heteroatoms. The Balaban J connectivity index is 1.75. The Hall–Kier alpha value is -2.57. The lowest BCUT2D eigenvalue weighted by Crippen LogP contribution is -2.50. The highest BCUT2D eigenvalue weighted by molar-refractivity contribution is 8.09. The average Bonchev–Trinajstić information content (AvgIpc) is 2.93. The van der Waals surface area contributed by atoms with Gasteiger partial charge in [-0.2, -0.15) is 0 Å². The molecule has 4 rings (SSSR count). The van der Waals surface area contributed by atoms with E-state index in [1.165, 1.54) is 16.7 Å². The molecule has 2 unspecified atom stereocenters. The Labute approximate surface area is 156 Å². The molecule has 0 bridgehead atoms. The minimum atomic E-state index is -0.532. The zero-order valence-electron chi connectivity index (χ0n) is 14.6. The lowest BCUT2D eigenvalue weighted by Gasteiger charge is -2.38. The van der Waals surface area contributed by atoms with Crippen molar-refractivity contribution in [3.8, 4) is 0 Å². The van der Waals surface area contributed by atoms with Crippen LogP contribution in [-0.4, -0.2) is 47.2 Å². The summed E-state index contributed by atoms with van der Waals surface area (Å²) in [5, 5.41) is 3.26. The maximum Gasteiger partial charge on any atom is 0.259 e. The van der Waals surface area contributed by atoms with Crippen molar-refractivity contribution in [2.75, 3.05) is 19.0 Å². The topological polar surface area (TPSA) is 43.9 Å². The van der Waals surface area contributed by atoms with Gasteiger partial charge >= 0.3 is 0 Å². The number of amides is 2. The van der Waals surface area contributed by atoms with E-state index in [9.17, 15) is 9.59 Å². The summed E-state index contributed by atoms with van der Waals surface area (Å²) in [5.74, 6) is -0.347. The van der Waals surface area contributed by atoms with Gasteiger partial charge in [0.05, 0.1) is 5.69 Å². The van der Waals surface area contributed by atoms with Crippen molar-refractivity contribution in [1.29, 1.82) is 0 Å². The van der Waals surface area contributed by atoms with Crippen LogP contribution in [0.3, 0.4) is 0 Å². The molecule has 0 aromatic heterocycles. The summed E-state index contributed by atoms with van der Waals surface area (Å²) in [6.07, 6.45) is 1.96. The molecule has 2 aliphatic rings. The summed E-state index contributed by atoms with van der Waals surface area (Å²) >= 11 is 1.47. The number of fused-ring (bicyclic) bond motifs is 1. The highest BCUT2D eigenvalue weighted by Crippen LogP contribution is 2.43. The number of nitrogens with zero attached hydrogens (tertiary/aromatic N) is 3. The van der Waals surface area contributed by atoms with Crippen molar-refractivity contribution in [2.45, 2.75) is 11.3 Å². The minimum Gasteiger partial charge on any atom is -0.298 e. The molecule has 2 heterocycles. The molecule has 2 aliphatic heterocycles. The van der Waals surface area contributed by atoms with E-state index < -0.39 is 11.3 Å². The van der Waals surface area contributed by atoms with Crippen molar-refractivity contribution in [2.24, 2.45) is 0 Å².